The minimum Gasteiger partial charge on any atom is -0.469 e. The number of hydrogen-bond donors (Lipinski definition) is 2. The van der Waals surface area contributed by atoms with E-state index in [1.807, 2.05) is 0 Å². The molecule has 0 saturated heterocycles. The van der Waals surface area contributed by atoms with Crippen molar-refractivity contribution in [2.24, 2.45) is 11.5 Å². The van der Waals surface area contributed by atoms with Gasteiger partial charge in [-0.15, -0.1) is 0 Å². The highest BCUT2D eigenvalue weighted by Crippen LogP contribution is 2.01. The van der Waals surface area contributed by atoms with Crippen LogP contribution in [0.25, 0.3) is 0 Å². The fourth-order valence-electron chi connectivity index (χ4n) is 1.32. The molecule has 0 aliphatic heterocycles. The molecule has 0 heterocycles. The van der Waals surface area contributed by atoms with E-state index in [2.05, 4.69) is 4.74 Å². The van der Waals surface area contributed by atoms with Crippen molar-refractivity contribution in [3.05, 3.63) is 0 Å². The van der Waals surface area contributed by atoms with Gasteiger partial charge in [-0.3, -0.25) is 9.59 Å². The number of methoxy groups -OCH3 is 1. The third kappa shape index (κ3) is 6.36. The summed E-state index contributed by atoms with van der Waals surface area (Å²) >= 11 is 0. The van der Waals surface area contributed by atoms with Crippen LogP contribution in [0.4, 0.5) is 0 Å². The van der Waals surface area contributed by atoms with Gasteiger partial charge in [-0.05, 0) is 6.42 Å². The lowest BCUT2D eigenvalue weighted by Crippen LogP contribution is -2.38. The molecule has 0 radical (unpaired) electrons. The molecule has 6 nitrogen and oxygen atoms in total. The third-order valence-corrected chi connectivity index (χ3v) is 2.15. The van der Waals surface area contributed by atoms with Crippen molar-refractivity contribution in [3.63, 3.8) is 0 Å². The van der Waals surface area contributed by atoms with Crippen LogP contribution in [0.15, 0.2) is 0 Å². The molecular formula is C10H21N3O3. The van der Waals surface area contributed by atoms with Crippen molar-refractivity contribution in [2.75, 3.05) is 33.3 Å². The Morgan fingerprint density at radius 2 is 1.69 bits per heavy atom. The van der Waals surface area contributed by atoms with E-state index in [4.69, 9.17) is 11.5 Å². The summed E-state index contributed by atoms with van der Waals surface area (Å²) in [4.78, 5) is 24.1. The van der Waals surface area contributed by atoms with E-state index in [0.29, 0.717) is 39.0 Å². The highest BCUT2D eigenvalue weighted by atomic mass is 16.5. The first-order valence-corrected chi connectivity index (χ1v) is 5.40. The Morgan fingerprint density at radius 1 is 1.12 bits per heavy atom. The minimum absolute atomic E-state index is 0.0141. The van der Waals surface area contributed by atoms with Crippen molar-refractivity contribution in [2.45, 2.75) is 19.3 Å². The smallest absolute Gasteiger partial charge is 0.305 e. The van der Waals surface area contributed by atoms with E-state index in [0.717, 1.165) is 0 Å². The van der Waals surface area contributed by atoms with Crippen molar-refractivity contribution >= 4 is 11.9 Å². The molecule has 0 fully saturated rings. The summed E-state index contributed by atoms with van der Waals surface area (Å²) in [7, 11) is 1.33. The van der Waals surface area contributed by atoms with Crippen molar-refractivity contribution in [1.29, 1.82) is 0 Å². The standard InChI is InChI=1S/C10H21N3O3/c1-16-10(15)4-2-3-9(14)13(7-5-11)8-6-12/h2-8,11-12H2,1H3. The lowest BCUT2D eigenvalue weighted by atomic mass is 10.2. The average molecular weight is 231 g/mol. The maximum absolute atomic E-state index is 11.7. The Labute approximate surface area is 95.9 Å². The van der Waals surface area contributed by atoms with Crippen LogP contribution in [-0.4, -0.2) is 50.1 Å². The highest BCUT2D eigenvalue weighted by Gasteiger charge is 2.12. The fraction of sp³-hybridized carbons (Fsp3) is 0.800. The van der Waals surface area contributed by atoms with Gasteiger partial charge in [0, 0.05) is 39.0 Å². The number of hydrogen-bond acceptors (Lipinski definition) is 5. The molecule has 94 valence electrons. The molecular weight excluding hydrogens is 210 g/mol. The molecule has 0 bridgehead atoms. The molecule has 0 aliphatic rings. The molecule has 0 unspecified atom stereocenters. The number of nitrogens with two attached hydrogens (primary N) is 2. The molecule has 0 aromatic heterocycles. The third-order valence-electron chi connectivity index (χ3n) is 2.15. The molecule has 1 amide bonds. The molecule has 0 aliphatic carbocycles. The maximum Gasteiger partial charge on any atom is 0.305 e. The van der Waals surface area contributed by atoms with Crippen LogP contribution < -0.4 is 11.5 Å². The van der Waals surface area contributed by atoms with Crippen LogP contribution in [0.5, 0.6) is 0 Å². The Hall–Kier alpha value is -1.14. The number of amides is 1. The molecule has 0 spiro atoms. The van der Waals surface area contributed by atoms with E-state index in [1.54, 1.807) is 4.90 Å². The number of nitrogens with zero attached hydrogens (tertiary/aromatic N) is 1. The molecule has 16 heavy (non-hydrogen) atoms. The molecule has 0 rings (SSSR count). The summed E-state index contributed by atoms with van der Waals surface area (Å²) in [5.41, 5.74) is 10.8. The second kappa shape index (κ2) is 9.11. The van der Waals surface area contributed by atoms with Crippen LogP contribution >= 0.6 is 0 Å². The average Bonchev–Trinajstić information content (AvgIpc) is 2.28. The van der Waals surface area contributed by atoms with E-state index in [9.17, 15) is 9.59 Å². The van der Waals surface area contributed by atoms with Gasteiger partial charge in [0.05, 0.1) is 7.11 Å². The number of carbonyl (C=O) groups is 2. The van der Waals surface area contributed by atoms with Gasteiger partial charge >= 0.3 is 5.97 Å². The lowest BCUT2D eigenvalue weighted by molar-refractivity contribution is -0.140. The molecule has 0 aromatic carbocycles. The fourth-order valence-corrected chi connectivity index (χ4v) is 1.32. The summed E-state index contributed by atoms with van der Waals surface area (Å²) in [6.07, 6.45) is 1.09. The first-order chi connectivity index (χ1) is 7.65. The van der Waals surface area contributed by atoms with Gasteiger partial charge in [0.1, 0.15) is 0 Å². The monoisotopic (exact) mass is 231 g/mol. The molecule has 6 heteroatoms. The van der Waals surface area contributed by atoms with Gasteiger partial charge in [-0.25, -0.2) is 0 Å². The zero-order valence-corrected chi connectivity index (χ0v) is 9.78. The van der Waals surface area contributed by atoms with Crippen LogP contribution in [-0.2, 0) is 14.3 Å². The maximum atomic E-state index is 11.7. The van der Waals surface area contributed by atoms with Crippen LogP contribution in [0.1, 0.15) is 19.3 Å². The molecule has 0 aromatic rings. The molecule has 0 atom stereocenters. The summed E-state index contributed by atoms with van der Waals surface area (Å²) in [6.45, 7) is 1.86. The predicted octanol–water partition coefficient (Wildman–Crippen LogP) is -0.924. The van der Waals surface area contributed by atoms with Gasteiger partial charge in [-0.2, -0.15) is 0 Å². The molecule has 4 N–H and O–H groups in total. The van der Waals surface area contributed by atoms with Gasteiger partial charge < -0.3 is 21.1 Å². The Balaban J connectivity index is 3.86. The van der Waals surface area contributed by atoms with E-state index in [1.165, 1.54) is 7.11 Å². The lowest BCUT2D eigenvalue weighted by Gasteiger charge is -2.21. The van der Waals surface area contributed by atoms with Crippen molar-refractivity contribution in [3.8, 4) is 0 Å². The van der Waals surface area contributed by atoms with Gasteiger partial charge in [0.2, 0.25) is 5.91 Å². The largest absolute Gasteiger partial charge is 0.469 e. The zero-order chi connectivity index (χ0) is 12.4. The van der Waals surface area contributed by atoms with Crippen LogP contribution in [0.3, 0.4) is 0 Å². The first-order valence-electron chi connectivity index (χ1n) is 5.40. The first kappa shape index (κ1) is 14.9. The second-order valence-corrected chi connectivity index (χ2v) is 3.39. The van der Waals surface area contributed by atoms with Crippen molar-refractivity contribution < 1.29 is 14.3 Å². The summed E-state index contributed by atoms with van der Waals surface area (Å²) in [5, 5.41) is 0. The Morgan fingerprint density at radius 3 is 2.12 bits per heavy atom. The number of carbonyl (C=O) groups excluding carboxylic acids is 2. The van der Waals surface area contributed by atoms with Crippen molar-refractivity contribution in [1.82, 2.24) is 4.90 Å². The number of esters is 1. The SMILES string of the molecule is COC(=O)CCCC(=O)N(CCN)CCN. The van der Waals surface area contributed by atoms with Gasteiger partial charge in [0.25, 0.3) is 0 Å². The number of rotatable bonds is 8. The Kier molecular flexibility index (Phi) is 8.46. The molecule has 0 saturated carbocycles. The normalized spacial score (nSPS) is 9.94. The van der Waals surface area contributed by atoms with E-state index in [-0.39, 0.29) is 18.3 Å². The number of ether oxygens (including phenoxy) is 1. The summed E-state index contributed by atoms with van der Waals surface area (Å²) in [5.74, 6) is -0.309. The van der Waals surface area contributed by atoms with E-state index >= 15 is 0 Å². The second-order valence-electron chi connectivity index (χ2n) is 3.39. The summed E-state index contributed by atoms with van der Waals surface area (Å²) < 4.78 is 4.48. The predicted molar refractivity (Wildman–Crippen MR) is 60.6 cm³/mol. The zero-order valence-electron chi connectivity index (χ0n) is 9.78. The quantitative estimate of drug-likeness (QED) is 0.526. The topological polar surface area (TPSA) is 98.7 Å². The van der Waals surface area contributed by atoms with Gasteiger partial charge in [0.15, 0.2) is 0 Å². The van der Waals surface area contributed by atoms with Gasteiger partial charge in [-0.1, -0.05) is 0 Å². The highest BCUT2D eigenvalue weighted by molar-refractivity contribution is 5.77. The van der Waals surface area contributed by atoms with E-state index < -0.39 is 0 Å². The van der Waals surface area contributed by atoms with Crippen LogP contribution in [0, 0.1) is 0 Å². The summed E-state index contributed by atoms with van der Waals surface area (Å²) in [6, 6.07) is 0. The Bertz CT molecular complexity index is 215. The minimum atomic E-state index is -0.294. The van der Waals surface area contributed by atoms with Crippen LogP contribution in [0.2, 0.25) is 0 Å².